The van der Waals surface area contributed by atoms with E-state index in [0.29, 0.717) is 25.0 Å². The molecule has 0 radical (unpaired) electrons. The molecule has 0 unspecified atom stereocenters. The van der Waals surface area contributed by atoms with Crippen LogP contribution in [0, 0.1) is 0 Å². The van der Waals surface area contributed by atoms with Crippen molar-refractivity contribution in [1.29, 1.82) is 0 Å². The van der Waals surface area contributed by atoms with Crippen LogP contribution in [0.4, 0.5) is 17.6 Å². The van der Waals surface area contributed by atoms with E-state index < -0.39 is 0 Å². The molecule has 1 aromatic carbocycles. The summed E-state index contributed by atoms with van der Waals surface area (Å²) < 4.78 is 4.95. The minimum atomic E-state index is 0.556. The summed E-state index contributed by atoms with van der Waals surface area (Å²) in [5.74, 6) is 1.17. The minimum absolute atomic E-state index is 0.556. The molecule has 102 valence electrons. The lowest BCUT2D eigenvalue weighted by Gasteiger charge is -2.03. The first-order chi connectivity index (χ1) is 9.31. The standard InChI is InChI=1S/C12H17N5OS/c1-18-7-6-13-11-15-12(17-16-11)14-9-4-3-5-10(8-9)19-2/h3-5,8H,6-7H2,1-2H3,(H3,13,14,15,16,17). The van der Waals surface area contributed by atoms with E-state index in [-0.39, 0.29) is 0 Å². The molecule has 0 spiro atoms. The van der Waals surface area contributed by atoms with Crippen LogP contribution in [0.5, 0.6) is 0 Å². The van der Waals surface area contributed by atoms with Gasteiger partial charge < -0.3 is 15.4 Å². The molecular weight excluding hydrogens is 262 g/mol. The maximum absolute atomic E-state index is 4.95. The number of anilines is 3. The lowest BCUT2D eigenvalue weighted by Crippen LogP contribution is -2.08. The summed E-state index contributed by atoms with van der Waals surface area (Å²) in [7, 11) is 1.66. The fraction of sp³-hybridized carbons (Fsp3) is 0.333. The molecule has 1 aromatic heterocycles. The van der Waals surface area contributed by atoms with Crippen molar-refractivity contribution in [3.05, 3.63) is 24.3 Å². The zero-order valence-electron chi connectivity index (χ0n) is 10.9. The number of hydrogen-bond acceptors (Lipinski definition) is 6. The third-order valence-electron chi connectivity index (χ3n) is 2.41. The van der Waals surface area contributed by atoms with Gasteiger partial charge in [0.25, 0.3) is 0 Å². The first-order valence-electron chi connectivity index (χ1n) is 5.88. The van der Waals surface area contributed by atoms with Gasteiger partial charge in [-0.3, -0.25) is 0 Å². The normalized spacial score (nSPS) is 10.4. The SMILES string of the molecule is COCCNc1n[nH]c(Nc2cccc(SC)c2)n1. The Morgan fingerprint density at radius 2 is 2.32 bits per heavy atom. The fourth-order valence-corrected chi connectivity index (χ4v) is 1.96. The number of methoxy groups -OCH3 is 1. The maximum atomic E-state index is 4.95. The highest BCUT2D eigenvalue weighted by molar-refractivity contribution is 7.98. The fourth-order valence-electron chi connectivity index (χ4n) is 1.50. The van der Waals surface area contributed by atoms with E-state index >= 15 is 0 Å². The predicted molar refractivity (Wildman–Crippen MR) is 78.3 cm³/mol. The van der Waals surface area contributed by atoms with Gasteiger partial charge in [0, 0.05) is 24.2 Å². The quantitative estimate of drug-likeness (QED) is 0.533. The summed E-state index contributed by atoms with van der Waals surface area (Å²) in [6.07, 6.45) is 2.05. The number of nitrogens with zero attached hydrogens (tertiary/aromatic N) is 2. The average Bonchev–Trinajstić information content (AvgIpc) is 2.87. The van der Waals surface area contributed by atoms with Crippen LogP contribution < -0.4 is 10.6 Å². The molecule has 0 amide bonds. The van der Waals surface area contributed by atoms with Gasteiger partial charge in [-0.2, -0.15) is 4.98 Å². The van der Waals surface area contributed by atoms with Crippen LogP contribution in [0.1, 0.15) is 0 Å². The molecule has 0 aliphatic rings. The first-order valence-corrected chi connectivity index (χ1v) is 7.10. The third-order valence-corrected chi connectivity index (χ3v) is 3.13. The van der Waals surface area contributed by atoms with Crippen LogP contribution >= 0.6 is 11.8 Å². The Hall–Kier alpha value is -1.73. The van der Waals surface area contributed by atoms with E-state index in [1.807, 2.05) is 18.4 Å². The average molecular weight is 279 g/mol. The zero-order chi connectivity index (χ0) is 13.5. The molecule has 7 heteroatoms. The summed E-state index contributed by atoms with van der Waals surface area (Å²) in [6.45, 7) is 1.29. The highest BCUT2D eigenvalue weighted by atomic mass is 32.2. The molecular formula is C12H17N5OS. The number of thioether (sulfide) groups is 1. The molecule has 2 aromatic rings. The van der Waals surface area contributed by atoms with E-state index in [4.69, 9.17) is 4.74 Å². The van der Waals surface area contributed by atoms with Gasteiger partial charge in [-0.05, 0) is 24.5 Å². The highest BCUT2D eigenvalue weighted by Crippen LogP contribution is 2.21. The number of ether oxygens (including phenoxy) is 1. The van der Waals surface area contributed by atoms with Crippen molar-refractivity contribution in [2.75, 3.05) is 37.2 Å². The van der Waals surface area contributed by atoms with Crippen LogP contribution in [-0.4, -0.2) is 41.7 Å². The Balaban J connectivity index is 1.95. The molecule has 19 heavy (non-hydrogen) atoms. The molecule has 0 atom stereocenters. The lowest BCUT2D eigenvalue weighted by molar-refractivity contribution is 0.210. The summed E-state index contributed by atoms with van der Waals surface area (Å²) in [5.41, 5.74) is 0.978. The molecule has 3 N–H and O–H groups in total. The Kier molecular flexibility index (Phi) is 5.05. The number of aromatic nitrogens is 3. The van der Waals surface area contributed by atoms with E-state index in [2.05, 4.69) is 37.9 Å². The van der Waals surface area contributed by atoms with Gasteiger partial charge in [-0.25, -0.2) is 5.10 Å². The van der Waals surface area contributed by atoms with Crippen molar-refractivity contribution >= 4 is 29.3 Å². The summed E-state index contributed by atoms with van der Waals surface area (Å²) in [6, 6.07) is 8.11. The Morgan fingerprint density at radius 3 is 3.11 bits per heavy atom. The van der Waals surface area contributed by atoms with Gasteiger partial charge >= 0.3 is 0 Å². The molecule has 0 saturated heterocycles. The van der Waals surface area contributed by atoms with E-state index in [1.165, 1.54) is 4.90 Å². The van der Waals surface area contributed by atoms with Crippen LogP contribution in [0.3, 0.4) is 0 Å². The highest BCUT2D eigenvalue weighted by Gasteiger charge is 2.03. The van der Waals surface area contributed by atoms with Crippen molar-refractivity contribution in [2.24, 2.45) is 0 Å². The molecule has 1 heterocycles. The number of nitrogens with one attached hydrogen (secondary N) is 3. The first kappa shape index (κ1) is 13.7. The van der Waals surface area contributed by atoms with Crippen LogP contribution in [-0.2, 0) is 4.74 Å². The number of rotatable bonds is 7. The largest absolute Gasteiger partial charge is 0.383 e. The van der Waals surface area contributed by atoms with E-state index in [0.717, 1.165) is 5.69 Å². The van der Waals surface area contributed by atoms with E-state index in [1.54, 1.807) is 18.9 Å². The Labute approximate surface area is 116 Å². The summed E-state index contributed by atoms with van der Waals surface area (Å²) >= 11 is 1.70. The zero-order valence-corrected chi connectivity index (χ0v) is 11.8. The summed E-state index contributed by atoms with van der Waals surface area (Å²) in [4.78, 5) is 5.48. The monoisotopic (exact) mass is 279 g/mol. The van der Waals surface area contributed by atoms with Crippen molar-refractivity contribution in [3.8, 4) is 0 Å². The smallest absolute Gasteiger partial charge is 0.243 e. The Bertz CT molecular complexity index is 516. The van der Waals surface area contributed by atoms with Gasteiger partial charge in [-0.15, -0.1) is 16.9 Å². The van der Waals surface area contributed by atoms with Crippen LogP contribution in [0.25, 0.3) is 0 Å². The molecule has 0 aliphatic carbocycles. The lowest BCUT2D eigenvalue weighted by atomic mass is 10.3. The molecule has 6 nitrogen and oxygen atoms in total. The maximum Gasteiger partial charge on any atom is 0.243 e. The van der Waals surface area contributed by atoms with Gasteiger partial charge in [0.2, 0.25) is 11.9 Å². The second kappa shape index (κ2) is 7.01. The molecule has 2 rings (SSSR count). The van der Waals surface area contributed by atoms with Crippen molar-refractivity contribution in [2.45, 2.75) is 4.90 Å². The van der Waals surface area contributed by atoms with Crippen LogP contribution in [0.15, 0.2) is 29.2 Å². The van der Waals surface area contributed by atoms with Crippen molar-refractivity contribution < 1.29 is 4.74 Å². The van der Waals surface area contributed by atoms with Crippen molar-refractivity contribution in [3.63, 3.8) is 0 Å². The van der Waals surface area contributed by atoms with Gasteiger partial charge in [0.15, 0.2) is 0 Å². The van der Waals surface area contributed by atoms with Gasteiger partial charge in [-0.1, -0.05) is 6.07 Å². The molecule has 0 aliphatic heterocycles. The summed E-state index contributed by atoms with van der Waals surface area (Å²) in [5, 5.41) is 13.1. The molecule has 0 bridgehead atoms. The molecule has 0 fully saturated rings. The van der Waals surface area contributed by atoms with Gasteiger partial charge in [0.1, 0.15) is 0 Å². The topological polar surface area (TPSA) is 74.9 Å². The van der Waals surface area contributed by atoms with Gasteiger partial charge in [0.05, 0.1) is 6.61 Å². The number of benzene rings is 1. The third kappa shape index (κ3) is 4.15. The number of hydrogen-bond donors (Lipinski definition) is 3. The second-order valence-electron chi connectivity index (χ2n) is 3.78. The van der Waals surface area contributed by atoms with Crippen LogP contribution in [0.2, 0.25) is 0 Å². The van der Waals surface area contributed by atoms with Crippen molar-refractivity contribution in [1.82, 2.24) is 15.2 Å². The second-order valence-corrected chi connectivity index (χ2v) is 4.66. The Morgan fingerprint density at radius 1 is 1.42 bits per heavy atom. The number of H-pyrrole nitrogens is 1. The minimum Gasteiger partial charge on any atom is -0.383 e. The predicted octanol–water partition coefficient (Wildman–Crippen LogP) is 2.33. The molecule has 0 saturated carbocycles. The number of aromatic amines is 1. The van der Waals surface area contributed by atoms with E-state index in [9.17, 15) is 0 Å².